The van der Waals surface area contributed by atoms with Gasteiger partial charge < -0.3 is 14.5 Å². The maximum absolute atomic E-state index is 12.6. The Morgan fingerprint density at radius 1 is 1.37 bits per heavy atom. The first kappa shape index (κ1) is 21.1. The maximum Gasteiger partial charge on any atom is 0.341 e. The first-order valence-corrected chi connectivity index (χ1v) is 12.0. The number of fused-ring (bicyclic) bond motifs is 1. The van der Waals surface area contributed by atoms with Gasteiger partial charge in [-0.3, -0.25) is 9.36 Å². The zero-order chi connectivity index (χ0) is 21.3. The molecule has 1 amide bonds. The Morgan fingerprint density at radius 2 is 2.20 bits per heavy atom. The Labute approximate surface area is 189 Å². The van der Waals surface area contributed by atoms with Crippen LogP contribution in [0.3, 0.4) is 0 Å². The number of thiophene rings is 1. The quantitative estimate of drug-likeness (QED) is 0.371. The highest BCUT2D eigenvalue weighted by Crippen LogP contribution is 2.39. The second kappa shape index (κ2) is 8.94. The molecule has 0 saturated carbocycles. The number of furan rings is 1. The van der Waals surface area contributed by atoms with Gasteiger partial charge in [0.1, 0.15) is 5.00 Å². The first-order chi connectivity index (χ1) is 14.5. The molecule has 3 heterocycles. The van der Waals surface area contributed by atoms with Crippen LogP contribution in [0, 0.1) is 0 Å². The lowest BCUT2D eigenvalue weighted by atomic mass is 10.1. The van der Waals surface area contributed by atoms with Gasteiger partial charge >= 0.3 is 5.97 Å². The summed E-state index contributed by atoms with van der Waals surface area (Å²) in [5.74, 6) is 0.732. The highest BCUT2D eigenvalue weighted by Gasteiger charge is 2.28. The number of thioether (sulfide) groups is 1. The van der Waals surface area contributed by atoms with E-state index in [4.69, 9.17) is 9.15 Å². The van der Waals surface area contributed by atoms with Crippen LogP contribution in [0.2, 0.25) is 0 Å². The summed E-state index contributed by atoms with van der Waals surface area (Å²) in [5.41, 5.74) is 1.51. The molecule has 1 aliphatic carbocycles. The summed E-state index contributed by atoms with van der Waals surface area (Å²) in [7, 11) is 1.36. The minimum absolute atomic E-state index is 0.142. The normalized spacial score (nSPS) is 12.8. The first-order valence-electron chi connectivity index (χ1n) is 9.36. The number of nitrogens with one attached hydrogen (secondary N) is 1. The van der Waals surface area contributed by atoms with Crippen LogP contribution in [0.25, 0.3) is 11.6 Å². The van der Waals surface area contributed by atoms with Gasteiger partial charge in [-0.1, -0.05) is 11.8 Å². The smallest absolute Gasteiger partial charge is 0.341 e. The van der Waals surface area contributed by atoms with E-state index in [-0.39, 0.29) is 11.7 Å². The number of amides is 1. The summed E-state index contributed by atoms with van der Waals surface area (Å²) in [4.78, 5) is 26.0. The fourth-order valence-electron chi connectivity index (χ4n) is 3.40. The number of aromatic nitrogens is 3. The molecule has 30 heavy (non-hydrogen) atoms. The molecule has 3 aromatic rings. The fraction of sp³-hybridized carbons (Fsp3) is 0.368. The minimum atomic E-state index is -0.405. The van der Waals surface area contributed by atoms with Crippen LogP contribution in [0.1, 0.15) is 34.1 Å². The van der Waals surface area contributed by atoms with Gasteiger partial charge in [-0.15, -0.1) is 21.5 Å². The standard InChI is InChI=1S/C19H19BrN4O4S2/c1-3-24-16(11-7-8-13(20)28-11)22-23-19(24)29-9-14(25)21-17-15(18(26)27-2)10-5-4-6-12(10)30-17/h7-8H,3-6,9H2,1-2H3,(H,21,25). The van der Waals surface area contributed by atoms with Crippen molar-refractivity contribution in [1.82, 2.24) is 14.8 Å². The topological polar surface area (TPSA) is 99.2 Å². The van der Waals surface area contributed by atoms with Crippen LogP contribution >= 0.6 is 39.0 Å². The number of halogens is 1. The third kappa shape index (κ3) is 4.06. The molecule has 0 aliphatic heterocycles. The van der Waals surface area contributed by atoms with Crippen molar-refractivity contribution in [3.8, 4) is 11.6 Å². The van der Waals surface area contributed by atoms with Crippen molar-refractivity contribution in [2.24, 2.45) is 0 Å². The van der Waals surface area contributed by atoms with Gasteiger partial charge in [0.05, 0.1) is 18.4 Å². The van der Waals surface area contributed by atoms with Crippen molar-refractivity contribution in [2.45, 2.75) is 37.9 Å². The van der Waals surface area contributed by atoms with Crippen LogP contribution in [-0.4, -0.2) is 39.5 Å². The van der Waals surface area contributed by atoms with E-state index >= 15 is 0 Å². The number of ether oxygens (including phenoxy) is 1. The van der Waals surface area contributed by atoms with E-state index in [0.717, 1.165) is 29.7 Å². The lowest BCUT2D eigenvalue weighted by molar-refractivity contribution is -0.113. The van der Waals surface area contributed by atoms with Crippen LogP contribution in [0.5, 0.6) is 0 Å². The Kier molecular flexibility index (Phi) is 6.30. The van der Waals surface area contributed by atoms with E-state index in [1.807, 2.05) is 17.6 Å². The van der Waals surface area contributed by atoms with E-state index in [1.165, 1.54) is 30.2 Å². The molecule has 0 unspecified atom stereocenters. The summed E-state index contributed by atoms with van der Waals surface area (Å²) < 4.78 is 13.0. The molecule has 0 radical (unpaired) electrons. The van der Waals surface area contributed by atoms with Gasteiger partial charge in [0, 0.05) is 11.4 Å². The predicted molar refractivity (Wildman–Crippen MR) is 118 cm³/mol. The van der Waals surface area contributed by atoms with Gasteiger partial charge in [-0.25, -0.2) is 4.79 Å². The number of carbonyl (C=O) groups is 2. The molecule has 1 N–H and O–H groups in total. The van der Waals surface area contributed by atoms with E-state index in [0.29, 0.717) is 38.5 Å². The lowest BCUT2D eigenvalue weighted by Crippen LogP contribution is -2.16. The second-order valence-corrected chi connectivity index (χ2v) is 9.37. The van der Waals surface area contributed by atoms with Crippen molar-refractivity contribution in [2.75, 3.05) is 18.2 Å². The highest BCUT2D eigenvalue weighted by molar-refractivity contribution is 9.10. The van der Waals surface area contributed by atoms with E-state index < -0.39 is 5.97 Å². The van der Waals surface area contributed by atoms with Crippen LogP contribution in [0.15, 0.2) is 26.4 Å². The molecule has 3 aromatic heterocycles. The molecule has 4 rings (SSSR count). The van der Waals surface area contributed by atoms with Gasteiger partial charge in [-0.05, 0) is 59.8 Å². The van der Waals surface area contributed by atoms with Crippen molar-refractivity contribution >= 4 is 55.9 Å². The summed E-state index contributed by atoms with van der Waals surface area (Å²) in [6, 6.07) is 3.60. The fourth-order valence-corrected chi connectivity index (χ4v) is 5.80. The number of hydrogen-bond acceptors (Lipinski definition) is 8. The van der Waals surface area contributed by atoms with Gasteiger partial charge in [0.25, 0.3) is 0 Å². The largest absolute Gasteiger partial charge is 0.465 e. The van der Waals surface area contributed by atoms with Crippen LogP contribution in [-0.2, 0) is 28.9 Å². The van der Waals surface area contributed by atoms with Crippen LogP contribution in [0.4, 0.5) is 5.00 Å². The monoisotopic (exact) mass is 510 g/mol. The summed E-state index contributed by atoms with van der Waals surface area (Å²) >= 11 is 6.03. The van der Waals surface area contributed by atoms with Crippen molar-refractivity contribution in [3.63, 3.8) is 0 Å². The van der Waals surface area contributed by atoms with E-state index in [9.17, 15) is 9.59 Å². The molecule has 8 nitrogen and oxygen atoms in total. The molecule has 11 heteroatoms. The SMILES string of the molecule is CCn1c(SCC(=O)Nc2sc3c(c2C(=O)OC)CCC3)nnc1-c1ccc(Br)o1. The molecule has 0 atom stereocenters. The Morgan fingerprint density at radius 3 is 2.90 bits per heavy atom. The number of nitrogens with zero attached hydrogens (tertiary/aromatic N) is 3. The third-order valence-electron chi connectivity index (χ3n) is 4.72. The second-order valence-electron chi connectivity index (χ2n) is 6.54. The lowest BCUT2D eigenvalue weighted by Gasteiger charge is -2.08. The number of hydrogen-bond donors (Lipinski definition) is 1. The summed E-state index contributed by atoms with van der Waals surface area (Å²) in [6.45, 7) is 2.61. The average Bonchev–Trinajstić information content (AvgIpc) is 3.49. The summed E-state index contributed by atoms with van der Waals surface area (Å²) in [6.07, 6.45) is 2.79. The number of esters is 1. The highest BCUT2D eigenvalue weighted by atomic mass is 79.9. The van der Waals surface area contributed by atoms with Crippen molar-refractivity contribution in [3.05, 3.63) is 32.8 Å². The number of rotatable bonds is 7. The molecule has 158 valence electrons. The van der Waals surface area contributed by atoms with Gasteiger partial charge in [-0.2, -0.15) is 0 Å². The molecule has 1 aliphatic rings. The number of methoxy groups -OCH3 is 1. The van der Waals surface area contributed by atoms with Crippen molar-refractivity contribution < 1.29 is 18.7 Å². The van der Waals surface area contributed by atoms with E-state index in [1.54, 1.807) is 6.07 Å². The van der Waals surface area contributed by atoms with Crippen molar-refractivity contribution in [1.29, 1.82) is 0 Å². The molecular formula is C19H19BrN4O4S2. The number of aryl methyl sites for hydroxylation is 1. The third-order valence-corrected chi connectivity index (χ3v) is 7.32. The summed E-state index contributed by atoms with van der Waals surface area (Å²) in [5, 5.41) is 12.5. The Bertz CT molecular complexity index is 1100. The molecule has 0 fully saturated rings. The van der Waals surface area contributed by atoms with Gasteiger partial charge in [0.15, 0.2) is 15.6 Å². The Hall–Kier alpha value is -2.11. The number of anilines is 1. The van der Waals surface area contributed by atoms with E-state index in [2.05, 4.69) is 31.4 Å². The minimum Gasteiger partial charge on any atom is -0.465 e. The average molecular weight is 511 g/mol. The zero-order valence-corrected chi connectivity index (χ0v) is 19.6. The van der Waals surface area contributed by atoms with Crippen LogP contribution < -0.4 is 5.32 Å². The molecule has 0 bridgehead atoms. The molecule has 0 saturated heterocycles. The Balaban J connectivity index is 1.46. The molecule has 0 spiro atoms. The molecule has 0 aromatic carbocycles. The number of carbonyl (C=O) groups excluding carboxylic acids is 2. The molecular weight excluding hydrogens is 492 g/mol. The van der Waals surface area contributed by atoms with Gasteiger partial charge in [0.2, 0.25) is 11.7 Å². The predicted octanol–water partition coefficient (Wildman–Crippen LogP) is 4.39. The zero-order valence-electron chi connectivity index (χ0n) is 16.4. The maximum atomic E-state index is 12.6.